The summed E-state index contributed by atoms with van der Waals surface area (Å²) in [6.45, 7) is 4.68. The van der Waals surface area contributed by atoms with E-state index < -0.39 is 11.9 Å². The molecule has 0 saturated carbocycles. The third kappa shape index (κ3) is 9.26. The van der Waals surface area contributed by atoms with E-state index in [4.69, 9.17) is 10.2 Å². The van der Waals surface area contributed by atoms with E-state index in [1.165, 1.54) is 48.6 Å². The minimum absolute atomic E-state index is 0.523. The number of benzene rings is 2. The topological polar surface area (TPSA) is 81.1 Å². The van der Waals surface area contributed by atoms with Gasteiger partial charge in [0.1, 0.15) is 0 Å². The molecule has 1 aliphatic heterocycles. The molecular formula is C25H32N2O4S. The van der Waals surface area contributed by atoms with Crippen molar-refractivity contribution in [2.75, 3.05) is 39.5 Å². The van der Waals surface area contributed by atoms with Gasteiger partial charge in [0.15, 0.2) is 0 Å². The van der Waals surface area contributed by atoms with Crippen LogP contribution in [0, 0.1) is 0 Å². The van der Waals surface area contributed by atoms with Crippen LogP contribution >= 0.6 is 11.8 Å². The molecule has 2 N–H and O–H groups in total. The summed E-state index contributed by atoms with van der Waals surface area (Å²) in [7, 11) is 2.23. The van der Waals surface area contributed by atoms with Crippen LogP contribution in [0.2, 0.25) is 0 Å². The van der Waals surface area contributed by atoms with Gasteiger partial charge < -0.3 is 15.1 Å². The molecule has 0 spiro atoms. The van der Waals surface area contributed by atoms with Crippen molar-refractivity contribution in [3.8, 4) is 0 Å². The molecule has 172 valence electrons. The van der Waals surface area contributed by atoms with Gasteiger partial charge in [-0.15, -0.1) is 11.8 Å². The van der Waals surface area contributed by atoms with Crippen molar-refractivity contribution in [1.82, 2.24) is 9.80 Å². The third-order valence-electron chi connectivity index (χ3n) is 5.40. The Morgan fingerprint density at radius 3 is 2.00 bits per heavy atom. The summed E-state index contributed by atoms with van der Waals surface area (Å²) >= 11 is 1.82. The fraction of sp³-hybridized carbons (Fsp3) is 0.360. The van der Waals surface area contributed by atoms with E-state index in [-0.39, 0.29) is 0 Å². The number of rotatable bonds is 8. The Kier molecular flexibility index (Phi) is 11.0. The van der Waals surface area contributed by atoms with Crippen molar-refractivity contribution in [3.05, 3.63) is 77.9 Å². The molecule has 32 heavy (non-hydrogen) atoms. The number of carbonyl (C=O) groups is 2. The Balaban J connectivity index is 0.000000390. The zero-order valence-corrected chi connectivity index (χ0v) is 19.5. The average Bonchev–Trinajstić information content (AvgIpc) is 2.80. The molecule has 0 amide bonds. The second-order valence-electron chi connectivity index (χ2n) is 7.66. The molecule has 2 aromatic carbocycles. The average molecular weight is 457 g/mol. The van der Waals surface area contributed by atoms with E-state index in [2.05, 4.69) is 77.7 Å². The first-order chi connectivity index (χ1) is 15.4. The molecule has 1 atom stereocenters. The molecule has 1 heterocycles. The van der Waals surface area contributed by atoms with Crippen molar-refractivity contribution >= 4 is 23.7 Å². The normalized spacial score (nSPS) is 15.7. The number of aryl methyl sites for hydroxylation is 1. The summed E-state index contributed by atoms with van der Waals surface area (Å²) in [5, 5.41) is 15.6. The number of hydrogen-bond donors (Lipinski definition) is 2. The highest BCUT2D eigenvalue weighted by molar-refractivity contribution is 7.98. The van der Waals surface area contributed by atoms with Crippen LogP contribution < -0.4 is 0 Å². The Bertz CT molecular complexity index is 847. The van der Waals surface area contributed by atoms with E-state index in [1.807, 2.05) is 11.8 Å². The fourth-order valence-corrected chi connectivity index (χ4v) is 4.02. The molecular weight excluding hydrogens is 424 g/mol. The summed E-state index contributed by atoms with van der Waals surface area (Å²) < 4.78 is 0. The van der Waals surface area contributed by atoms with Crippen molar-refractivity contribution in [2.45, 2.75) is 23.8 Å². The van der Waals surface area contributed by atoms with Gasteiger partial charge in [-0.1, -0.05) is 42.5 Å². The van der Waals surface area contributed by atoms with Crippen LogP contribution in [0.3, 0.4) is 0 Å². The summed E-state index contributed by atoms with van der Waals surface area (Å²) in [6.07, 6.45) is 5.58. The first-order valence-electron chi connectivity index (χ1n) is 10.6. The number of carboxylic acids is 2. The molecule has 3 rings (SSSR count). The molecule has 2 aromatic rings. The van der Waals surface area contributed by atoms with E-state index in [9.17, 15) is 9.59 Å². The van der Waals surface area contributed by atoms with Gasteiger partial charge in [-0.2, -0.15) is 0 Å². The van der Waals surface area contributed by atoms with Crippen LogP contribution in [-0.2, 0) is 16.0 Å². The summed E-state index contributed by atoms with van der Waals surface area (Å²) in [5.41, 5.74) is 2.91. The van der Waals surface area contributed by atoms with Crippen molar-refractivity contribution in [1.29, 1.82) is 0 Å². The van der Waals surface area contributed by atoms with Gasteiger partial charge in [-0.25, -0.2) is 9.59 Å². The lowest BCUT2D eigenvalue weighted by atomic mass is 9.97. The van der Waals surface area contributed by atoms with Crippen molar-refractivity contribution in [3.63, 3.8) is 0 Å². The first-order valence-corrected chi connectivity index (χ1v) is 11.9. The van der Waals surface area contributed by atoms with Gasteiger partial charge >= 0.3 is 11.9 Å². The monoisotopic (exact) mass is 456 g/mol. The zero-order valence-electron chi connectivity index (χ0n) is 18.7. The van der Waals surface area contributed by atoms with Crippen molar-refractivity contribution < 1.29 is 19.8 Å². The Labute approximate surface area is 194 Å². The molecule has 0 bridgehead atoms. The fourth-order valence-electron chi connectivity index (χ4n) is 3.61. The summed E-state index contributed by atoms with van der Waals surface area (Å²) in [6, 6.07) is 20.6. The first kappa shape index (κ1) is 25.6. The predicted molar refractivity (Wildman–Crippen MR) is 129 cm³/mol. The van der Waals surface area contributed by atoms with E-state index in [0.29, 0.717) is 18.2 Å². The molecule has 0 aromatic heterocycles. The number of hydrogen-bond acceptors (Lipinski definition) is 5. The molecule has 1 unspecified atom stereocenters. The number of nitrogens with zero attached hydrogens (tertiary/aromatic N) is 2. The van der Waals surface area contributed by atoms with E-state index in [1.54, 1.807) is 0 Å². The predicted octanol–water partition coefficient (Wildman–Crippen LogP) is 4.04. The summed E-state index contributed by atoms with van der Waals surface area (Å²) in [5.74, 6) is -2.51. The van der Waals surface area contributed by atoms with Gasteiger partial charge in [0.25, 0.3) is 0 Å². The number of thioether (sulfide) groups is 1. The molecule has 1 aliphatic rings. The zero-order chi connectivity index (χ0) is 23.3. The lowest BCUT2D eigenvalue weighted by molar-refractivity contribution is -0.134. The Hall–Kier alpha value is -2.61. The highest BCUT2D eigenvalue weighted by Gasteiger charge is 2.23. The maximum atomic E-state index is 9.55. The van der Waals surface area contributed by atoms with Crippen LogP contribution in [0.15, 0.2) is 71.6 Å². The van der Waals surface area contributed by atoms with Crippen LogP contribution in [-0.4, -0.2) is 71.4 Å². The minimum Gasteiger partial charge on any atom is -0.478 e. The van der Waals surface area contributed by atoms with Crippen LogP contribution in [0.25, 0.3) is 0 Å². The lowest BCUT2D eigenvalue weighted by Gasteiger charge is -2.38. The maximum absolute atomic E-state index is 9.55. The quantitative estimate of drug-likeness (QED) is 0.458. The highest BCUT2D eigenvalue weighted by atomic mass is 32.2. The molecule has 0 radical (unpaired) electrons. The second kappa shape index (κ2) is 13.7. The molecule has 1 fully saturated rings. The van der Waals surface area contributed by atoms with Crippen LogP contribution in [0.4, 0.5) is 0 Å². The minimum atomic E-state index is -1.26. The van der Waals surface area contributed by atoms with Gasteiger partial charge in [0.2, 0.25) is 0 Å². The molecule has 1 saturated heterocycles. The smallest absolute Gasteiger partial charge is 0.328 e. The SMILES string of the molecule is CSc1ccc(C(CCc2ccccc2)N2CCN(C)CC2)cc1.O=C(O)/C=C\C(=O)O. The van der Waals surface area contributed by atoms with E-state index in [0.717, 1.165) is 6.42 Å². The summed E-state index contributed by atoms with van der Waals surface area (Å²) in [4.78, 5) is 25.6. The number of piperazine rings is 1. The lowest BCUT2D eigenvalue weighted by Crippen LogP contribution is -2.46. The second-order valence-corrected chi connectivity index (χ2v) is 8.54. The third-order valence-corrected chi connectivity index (χ3v) is 6.14. The Morgan fingerprint density at radius 1 is 0.938 bits per heavy atom. The van der Waals surface area contributed by atoms with Crippen molar-refractivity contribution in [2.24, 2.45) is 0 Å². The van der Waals surface area contributed by atoms with E-state index >= 15 is 0 Å². The van der Waals surface area contributed by atoms with Crippen LogP contribution in [0.1, 0.15) is 23.6 Å². The standard InChI is InChI=1S/C21H28N2S.C4H4O4/c1-22-14-16-23(17-15-22)21(13-8-18-6-4-3-5-7-18)19-9-11-20(24-2)12-10-19;5-3(6)1-2-4(7)8/h3-7,9-12,21H,8,13-17H2,1-2H3;1-2H,(H,5,6)(H,7,8)/b;2-1-. The number of likely N-dealkylation sites (N-methyl/N-ethyl adjacent to an activating group) is 1. The van der Waals surface area contributed by atoms with Crippen LogP contribution in [0.5, 0.6) is 0 Å². The van der Waals surface area contributed by atoms with Gasteiger partial charge in [-0.05, 0) is 49.4 Å². The van der Waals surface area contributed by atoms with Gasteiger partial charge in [-0.3, -0.25) is 4.90 Å². The molecule has 6 nitrogen and oxygen atoms in total. The molecule has 7 heteroatoms. The van der Waals surface area contributed by atoms with Gasteiger partial charge in [0.05, 0.1) is 0 Å². The van der Waals surface area contributed by atoms with Gasteiger partial charge in [0, 0.05) is 49.3 Å². The number of carboxylic acid groups (broad SMARTS) is 2. The highest BCUT2D eigenvalue weighted by Crippen LogP contribution is 2.28. The molecule has 0 aliphatic carbocycles. The maximum Gasteiger partial charge on any atom is 0.328 e. The largest absolute Gasteiger partial charge is 0.478 e. The number of aliphatic carboxylic acids is 2. The Morgan fingerprint density at radius 2 is 1.50 bits per heavy atom.